The Morgan fingerprint density at radius 3 is 2.90 bits per heavy atom. The fourth-order valence-electron chi connectivity index (χ4n) is 3.30. The highest BCUT2D eigenvalue weighted by Gasteiger charge is 2.18. The highest BCUT2D eigenvalue weighted by Crippen LogP contribution is 2.28. The van der Waals surface area contributed by atoms with Gasteiger partial charge in [0.1, 0.15) is 5.82 Å². The van der Waals surface area contributed by atoms with Crippen molar-refractivity contribution in [2.24, 2.45) is 0 Å². The van der Waals surface area contributed by atoms with Crippen LogP contribution in [0.5, 0.6) is 0 Å². The van der Waals surface area contributed by atoms with Crippen LogP contribution in [0.3, 0.4) is 0 Å². The third kappa shape index (κ3) is 5.19. The van der Waals surface area contributed by atoms with Crippen LogP contribution >= 0.6 is 35.0 Å². The minimum atomic E-state index is -0.172. The van der Waals surface area contributed by atoms with Gasteiger partial charge in [-0.05, 0) is 42.7 Å². The van der Waals surface area contributed by atoms with E-state index in [9.17, 15) is 4.79 Å². The summed E-state index contributed by atoms with van der Waals surface area (Å²) in [5.41, 5.74) is 1.51. The van der Waals surface area contributed by atoms with Crippen LogP contribution < -0.4 is 5.32 Å². The molecule has 30 heavy (non-hydrogen) atoms. The van der Waals surface area contributed by atoms with Crippen molar-refractivity contribution in [2.45, 2.75) is 30.4 Å². The Balaban J connectivity index is 1.46. The van der Waals surface area contributed by atoms with Gasteiger partial charge in [0.25, 0.3) is 5.91 Å². The number of carbonyl (C=O) groups is 1. The maximum absolute atomic E-state index is 13.0. The number of halogens is 2. The zero-order valence-electron chi connectivity index (χ0n) is 16.2. The van der Waals surface area contributed by atoms with Crippen molar-refractivity contribution in [3.8, 4) is 0 Å². The van der Waals surface area contributed by atoms with Crippen molar-refractivity contribution in [3.05, 3.63) is 75.9 Å². The molecule has 1 aromatic heterocycles. The Kier molecular flexibility index (Phi) is 7.00. The first-order chi connectivity index (χ1) is 14.6. The van der Waals surface area contributed by atoms with Gasteiger partial charge in [-0.2, -0.15) is 5.10 Å². The van der Waals surface area contributed by atoms with Gasteiger partial charge in [0.15, 0.2) is 0 Å². The van der Waals surface area contributed by atoms with Gasteiger partial charge in [-0.25, -0.2) is 4.68 Å². The number of hydrogen-bond donors (Lipinski definition) is 1. The molecule has 1 amide bonds. The first-order valence-electron chi connectivity index (χ1n) is 9.70. The number of nitrogens with zero attached hydrogens (tertiary/aromatic N) is 2. The Hall–Kier alpha value is -1.99. The summed E-state index contributed by atoms with van der Waals surface area (Å²) in [5.74, 6) is 1.27. The number of amides is 1. The van der Waals surface area contributed by atoms with Crippen molar-refractivity contribution in [1.82, 2.24) is 9.78 Å². The second kappa shape index (κ2) is 9.88. The molecule has 1 aliphatic rings. The van der Waals surface area contributed by atoms with Crippen LogP contribution in [0.25, 0.3) is 0 Å². The summed E-state index contributed by atoms with van der Waals surface area (Å²) in [4.78, 5) is 13.9. The molecule has 1 N–H and O–H groups in total. The topological polar surface area (TPSA) is 56.2 Å². The van der Waals surface area contributed by atoms with E-state index < -0.39 is 0 Å². The average Bonchev–Trinajstić information content (AvgIpc) is 3.41. The van der Waals surface area contributed by atoms with E-state index in [4.69, 9.17) is 27.9 Å². The molecule has 1 saturated heterocycles. The first kappa shape index (κ1) is 21.2. The molecule has 0 bridgehead atoms. The van der Waals surface area contributed by atoms with Crippen molar-refractivity contribution in [3.63, 3.8) is 0 Å². The maximum atomic E-state index is 13.0. The van der Waals surface area contributed by atoms with Gasteiger partial charge in [-0.1, -0.05) is 41.4 Å². The fourth-order valence-corrected chi connectivity index (χ4v) is 4.89. The maximum Gasteiger partial charge on any atom is 0.257 e. The predicted octanol–water partition coefficient (Wildman–Crippen LogP) is 5.76. The molecule has 2 aromatic carbocycles. The van der Waals surface area contributed by atoms with Gasteiger partial charge in [0, 0.05) is 33.4 Å². The molecule has 0 spiro atoms. The molecular weight excluding hydrogens is 441 g/mol. The van der Waals surface area contributed by atoms with Gasteiger partial charge in [-0.3, -0.25) is 4.79 Å². The highest BCUT2D eigenvalue weighted by molar-refractivity contribution is 7.99. The van der Waals surface area contributed by atoms with E-state index in [2.05, 4.69) is 10.4 Å². The molecule has 2 heterocycles. The summed E-state index contributed by atoms with van der Waals surface area (Å²) in [7, 11) is 0. The van der Waals surface area contributed by atoms with Crippen LogP contribution in [0.2, 0.25) is 10.0 Å². The van der Waals surface area contributed by atoms with Crippen LogP contribution in [0.4, 0.5) is 5.82 Å². The zero-order valence-corrected chi connectivity index (χ0v) is 18.5. The lowest BCUT2D eigenvalue weighted by atomic mass is 10.2. The minimum Gasteiger partial charge on any atom is -0.377 e. The Morgan fingerprint density at radius 1 is 1.23 bits per heavy atom. The summed E-state index contributed by atoms with van der Waals surface area (Å²) in [6.07, 6.45) is 4.09. The number of nitrogens with one attached hydrogen (secondary N) is 1. The average molecular weight is 462 g/mol. The van der Waals surface area contributed by atoms with Gasteiger partial charge < -0.3 is 10.1 Å². The molecule has 0 saturated carbocycles. The molecule has 1 atom stereocenters. The van der Waals surface area contributed by atoms with Crippen LogP contribution in [-0.4, -0.2) is 34.2 Å². The largest absolute Gasteiger partial charge is 0.377 e. The third-order valence-corrected chi connectivity index (χ3v) is 6.67. The second-order valence-corrected chi connectivity index (χ2v) is 8.91. The molecule has 1 fully saturated rings. The summed E-state index contributed by atoms with van der Waals surface area (Å²) < 4.78 is 7.40. The van der Waals surface area contributed by atoms with Crippen molar-refractivity contribution in [2.75, 3.05) is 17.7 Å². The number of carbonyl (C=O) groups excluding carboxylic acids is 1. The SMILES string of the molecule is O=C(Nc1ccnn1Cc1ccc(Cl)cc1Cl)c1ccccc1SCC1CCCO1. The number of rotatable bonds is 7. The Bertz CT molecular complexity index is 1030. The van der Waals surface area contributed by atoms with E-state index in [1.54, 1.807) is 40.8 Å². The number of benzene rings is 2. The zero-order chi connectivity index (χ0) is 20.9. The number of hydrogen-bond acceptors (Lipinski definition) is 4. The second-order valence-electron chi connectivity index (χ2n) is 7.01. The molecule has 5 nitrogen and oxygen atoms in total. The quantitative estimate of drug-likeness (QED) is 0.454. The molecule has 0 aliphatic carbocycles. The summed E-state index contributed by atoms with van der Waals surface area (Å²) >= 11 is 13.9. The molecule has 1 aliphatic heterocycles. The predicted molar refractivity (Wildman–Crippen MR) is 122 cm³/mol. The lowest BCUT2D eigenvalue weighted by Crippen LogP contribution is -2.17. The van der Waals surface area contributed by atoms with Gasteiger partial charge in [0.2, 0.25) is 0 Å². The van der Waals surface area contributed by atoms with Gasteiger partial charge >= 0.3 is 0 Å². The molecule has 0 radical (unpaired) electrons. The van der Waals surface area contributed by atoms with Crippen molar-refractivity contribution >= 4 is 46.7 Å². The summed E-state index contributed by atoms with van der Waals surface area (Å²) in [5, 5.41) is 8.44. The van der Waals surface area contributed by atoms with E-state index >= 15 is 0 Å². The number of aromatic nitrogens is 2. The fraction of sp³-hybridized carbons (Fsp3) is 0.273. The summed E-state index contributed by atoms with van der Waals surface area (Å²) in [6.45, 7) is 1.25. The third-order valence-electron chi connectivity index (χ3n) is 4.87. The van der Waals surface area contributed by atoms with Crippen molar-refractivity contribution in [1.29, 1.82) is 0 Å². The van der Waals surface area contributed by atoms with Gasteiger partial charge in [-0.15, -0.1) is 11.8 Å². The molecule has 1 unspecified atom stereocenters. The summed E-state index contributed by atoms with van der Waals surface area (Å²) in [6, 6.07) is 14.7. The van der Waals surface area contributed by atoms with E-state index in [1.807, 2.05) is 30.3 Å². The number of anilines is 1. The van der Waals surface area contributed by atoms with E-state index in [1.165, 1.54) is 0 Å². The molecule has 156 valence electrons. The lowest BCUT2D eigenvalue weighted by molar-refractivity contribution is 0.102. The molecular formula is C22H21Cl2N3O2S. The highest BCUT2D eigenvalue weighted by atomic mass is 35.5. The van der Waals surface area contributed by atoms with Crippen molar-refractivity contribution < 1.29 is 9.53 Å². The van der Waals surface area contributed by atoms with E-state index in [0.29, 0.717) is 28.0 Å². The minimum absolute atomic E-state index is 0.172. The molecule has 4 rings (SSSR count). The standard InChI is InChI=1S/C22H21Cl2N3O2S/c23-16-8-7-15(19(24)12-16)13-27-21(9-10-25-27)26-22(28)18-5-1-2-6-20(18)30-14-17-4-3-11-29-17/h1-2,5-10,12,17H,3-4,11,13-14H2,(H,26,28). The van der Waals surface area contributed by atoms with Crippen LogP contribution in [-0.2, 0) is 11.3 Å². The van der Waals surface area contributed by atoms with Gasteiger partial charge in [0.05, 0.1) is 24.4 Å². The lowest BCUT2D eigenvalue weighted by Gasteiger charge is -2.13. The van der Waals surface area contributed by atoms with Crippen LogP contribution in [0.15, 0.2) is 59.6 Å². The molecule has 8 heteroatoms. The first-order valence-corrected chi connectivity index (χ1v) is 11.4. The number of ether oxygens (including phenoxy) is 1. The molecule has 3 aromatic rings. The van der Waals surface area contributed by atoms with E-state index in [0.717, 1.165) is 35.7 Å². The number of thioether (sulfide) groups is 1. The Labute approximate surface area is 189 Å². The monoisotopic (exact) mass is 461 g/mol. The van der Waals surface area contributed by atoms with Crippen LogP contribution in [0, 0.1) is 0 Å². The Morgan fingerprint density at radius 2 is 2.10 bits per heavy atom. The smallest absolute Gasteiger partial charge is 0.257 e. The van der Waals surface area contributed by atoms with E-state index in [-0.39, 0.29) is 12.0 Å². The van der Waals surface area contributed by atoms with Crippen LogP contribution in [0.1, 0.15) is 28.8 Å². The normalized spacial score (nSPS) is 16.0.